The van der Waals surface area contributed by atoms with Crippen LogP contribution in [-0.2, 0) is 16.0 Å². The number of non-ortho nitro benzene ring substituents is 1. The van der Waals surface area contributed by atoms with Crippen molar-refractivity contribution in [3.63, 3.8) is 0 Å². The van der Waals surface area contributed by atoms with E-state index in [1.807, 2.05) is 12.4 Å². The number of hydrogen-bond donors (Lipinski definition) is 1. The molecule has 0 fully saturated rings. The lowest BCUT2D eigenvalue weighted by Crippen LogP contribution is -1.96. The third-order valence-corrected chi connectivity index (χ3v) is 2.78. The molecule has 2 aromatic rings. The molecule has 0 atom stereocenters. The molecule has 0 aliphatic heterocycles. The summed E-state index contributed by atoms with van der Waals surface area (Å²) in [6.07, 6.45) is 4.23. The minimum atomic E-state index is -0.431. The average molecular weight is 260 g/mol. The molecule has 0 saturated heterocycles. The van der Waals surface area contributed by atoms with E-state index in [4.69, 9.17) is 0 Å². The van der Waals surface area contributed by atoms with Crippen LogP contribution >= 0.6 is 0 Å². The summed E-state index contributed by atoms with van der Waals surface area (Å²) in [6, 6.07) is 6.33. The van der Waals surface area contributed by atoms with Gasteiger partial charge in [-0.2, -0.15) is 0 Å². The van der Waals surface area contributed by atoms with Crippen molar-refractivity contribution in [3.05, 3.63) is 52.3 Å². The standard InChI is InChI=1S/C13H12N2O4/c16-9-19-6-5-11-7-14-8-13(11)10-1-3-12(4-2-10)15(17)18/h1-4,7-9,14H,5-6H2. The van der Waals surface area contributed by atoms with Crippen LogP contribution in [0.4, 0.5) is 5.69 Å². The number of carbonyl (C=O) groups excluding carboxylic acids is 1. The van der Waals surface area contributed by atoms with E-state index >= 15 is 0 Å². The van der Waals surface area contributed by atoms with E-state index in [1.165, 1.54) is 12.1 Å². The van der Waals surface area contributed by atoms with Crippen molar-refractivity contribution >= 4 is 12.2 Å². The van der Waals surface area contributed by atoms with Gasteiger partial charge in [0, 0.05) is 36.5 Å². The third-order valence-electron chi connectivity index (χ3n) is 2.78. The largest absolute Gasteiger partial charge is 0.468 e. The molecule has 1 aromatic carbocycles. The fourth-order valence-corrected chi connectivity index (χ4v) is 1.85. The van der Waals surface area contributed by atoms with Crippen LogP contribution in [0.25, 0.3) is 11.1 Å². The molecular formula is C13H12N2O4. The van der Waals surface area contributed by atoms with Crippen LogP contribution in [0.15, 0.2) is 36.7 Å². The number of nitro groups is 1. The second-order valence-electron chi connectivity index (χ2n) is 3.92. The highest BCUT2D eigenvalue weighted by Gasteiger charge is 2.09. The minimum absolute atomic E-state index is 0.0603. The Balaban J connectivity index is 2.19. The smallest absolute Gasteiger partial charge is 0.293 e. The molecule has 0 saturated carbocycles. The van der Waals surface area contributed by atoms with Gasteiger partial charge in [0.25, 0.3) is 12.2 Å². The van der Waals surface area contributed by atoms with E-state index in [1.54, 1.807) is 12.1 Å². The Morgan fingerprint density at radius 2 is 2.00 bits per heavy atom. The van der Waals surface area contributed by atoms with Gasteiger partial charge in [0.2, 0.25) is 0 Å². The van der Waals surface area contributed by atoms with Crippen LogP contribution in [-0.4, -0.2) is 23.0 Å². The Labute approximate surface area is 109 Å². The monoisotopic (exact) mass is 260 g/mol. The fraction of sp³-hybridized carbons (Fsp3) is 0.154. The molecule has 0 radical (unpaired) electrons. The maximum absolute atomic E-state index is 10.6. The lowest BCUT2D eigenvalue weighted by molar-refractivity contribution is -0.384. The summed E-state index contributed by atoms with van der Waals surface area (Å²) in [4.78, 5) is 23.2. The van der Waals surface area contributed by atoms with Crippen LogP contribution < -0.4 is 0 Å². The Hall–Kier alpha value is -2.63. The van der Waals surface area contributed by atoms with Crippen LogP contribution in [0.3, 0.4) is 0 Å². The Morgan fingerprint density at radius 1 is 1.26 bits per heavy atom. The van der Waals surface area contributed by atoms with Gasteiger partial charge < -0.3 is 9.72 Å². The van der Waals surface area contributed by atoms with Crippen molar-refractivity contribution in [2.24, 2.45) is 0 Å². The molecule has 2 rings (SSSR count). The fourth-order valence-electron chi connectivity index (χ4n) is 1.85. The third kappa shape index (κ3) is 2.98. The molecule has 0 spiro atoms. The van der Waals surface area contributed by atoms with Crippen molar-refractivity contribution in [1.82, 2.24) is 4.98 Å². The van der Waals surface area contributed by atoms with Crippen LogP contribution in [0.5, 0.6) is 0 Å². The summed E-state index contributed by atoms with van der Waals surface area (Å²) in [5.41, 5.74) is 2.89. The molecule has 6 heteroatoms. The Bertz CT molecular complexity index is 575. The van der Waals surface area contributed by atoms with E-state index < -0.39 is 4.92 Å². The summed E-state index contributed by atoms with van der Waals surface area (Å²) in [6.45, 7) is 0.722. The number of nitro benzene ring substituents is 1. The zero-order valence-corrected chi connectivity index (χ0v) is 10.0. The van der Waals surface area contributed by atoms with Gasteiger partial charge >= 0.3 is 0 Å². The first-order valence-electron chi connectivity index (χ1n) is 5.68. The molecule has 0 aliphatic carbocycles. The highest BCUT2D eigenvalue weighted by atomic mass is 16.6. The molecule has 0 unspecified atom stereocenters. The van der Waals surface area contributed by atoms with Crippen LogP contribution in [0.2, 0.25) is 0 Å². The topological polar surface area (TPSA) is 85.2 Å². The molecule has 98 valence electrons. The molecule has 19 heavy (non-hydrogen) atoms. The molecule has 0 aliphatic rings. The van der Waals surface area contributed by atoms with E-state index in [0.717, 1.165) is 16.7 Å². The molecule has 0 bridgehead atoms. The zero-order chi connectivity index (χ0) is 13.7. The van der Waals surface area contributed by atoms with Gasteiger partial charge in [-0.05, 0) is 23.3 Å². The zero-order valence-electron chi connectivity index (χ0n) is 10.0. The molecule has 1 N–H and O–H groups in total. The van der Waals surface area contributed by atoms with E-state index in [2.05, 4.69) is 9.72 Å². The van der Waals surface area contributed by atoms with Gasteiger partial charge in [-0.25, -0.2) is 0 Å². The number of aromatic amines is 1. The van der Waals surface area contributed by atoms with Crippen LogP contribution in [0.1, 0.15) is 5.56 Å². The van der Waals surface area contributed by atoms with Crippen molar-refractivity contribution in [3.8, 4) is 11.1 Å². The number of carbonyl (C=O) groups is 1. The second-order valence-corrected chi connectivity index (χ2v) is 3.92. The van der Waals surface area contributed by atoms with Gasteiger partial charge in [-0.3, -0.25) is 14.9 Å². The predicted octanol–water partition coefficient (Wildman–Crippen LogP) is 2.31. The van der Waals surface area contributed by atoms with Crippen molar-refractivity contribution in [2.45, 2.75) is 6.42 Å². The summed E-state index contributed by atoms with van der Waals surface area (Å²) >= 11 is 0. The van der Waals surface area contributed by atoms with Crippen molar-refractivity contribution in [2.75, 3.05) is 6.61 Å². The average Bonchev–Trinajstić information content (AvgIpc) is 2.87. The van der Waals surface area contributed by atoms with Gasteiger partial charge in [0.1, 0.15) is 0 Å². The highest BCUT2D eigenvalue weighted by molar-refractivity contribution is 5.67. The molecular weight excluding hydrogens is 248 g/mol. The lowest BCUT2D eigenvalue weighted by Gasteiger charge is -2.03. The van der Waals surface area contributed by atoms with E-state index in [-0.39, 0.29) is 5.69 Å². The molecule has 1 aromatic heterocycles. The first-order chi connectivity index (χ1) is 9.22. The number of benzene rings is 1. The van der Waals surface area contributed by atoms with Crippen molar-refractivity contribution < 1.29 is 14.5 Å². The first kappa shape index (κ1) is 12.8. The first-order valence-corrected chi connectivity index (χ1v) is 5.68. The maximum Gasteiger partial charge on any atom is 0.293 e. The molecule has 0 amide bonds. The quantitative estimate of drug-likeness (QED) is 0.374. The number of aromatic nitrogens is 1. The number of rotatable bonds is 6. The number of nitrogens with zero attached hydrogens (tertiary/aromatic N) is 1. The summed E-state index contributed by atoms with van der Waals surface area (Å²) in [7, 11) is 0. The Kier molecular flexibility index (Phi) is 3.92. The van der Waals surface area contributed by atoms with Crippen LogP contribution in [0, 0.1) is 10.1 Å². The number of hydrogen-bond acceptors (Lipinski definition) is 4. The van der Waals surface area contributed by atoms with E-state index in [0.29, 0.717) is 19.5 Å². The summed E-state index contributed by atoms with van der Waals surface area (Å²) in [5.74, 6) is 0. The lowest BCUT2D eigenvalue weighted by atomic mass is 10.0. The number of ether oxygens (including phenoxy) is 1. The summed E-state index contributed by atoms with van der Waals surface area (Å²) in [5, 5.41) is 10.6. The Morgan fingerprint density at radius 3 is 2.63 bits per heavy atom. The van der Waals surface area contributed by atoms with Gasteiger partial charge in [0.15, 0.2) is 0 Å². The maximum atomic E-state index is 10.6. The van der Waals surface area contributed by atoms with Gasteiger partial charge in [0.05, 0.1) is 11.5 Å². The summed E-state index contributed by atoms with van der Waals surface area (Å²) < 4.78 is 4.66. The highest BCUT2D eigenvalue weighted by Crippen LogP contribution is 2.25. The van der Waals surface area contributed by atoms with E-state index in [9.17, 15) is 14.9 Å². The van der Waals surface area contributed by atoms with Crippen molar-refractivity contribution in [1.29, 1.82) is 0 Å². The van der Waals surface area contributed by atoms with Gasteiger partial charge in [-0.15, -0.1) is 0 Å². The minimum Gasteiger partial charge on any atom is -0.468 e. The second kappa shape index (κ2) is 5.81. The van der Waals surface area contributed by atoms with Gasteiger partial charge in [-0.1, -0.05) is 0 Å². The number of nitrogens with one attached hydrogen (secondary N) is 1. The molecule has 1 heterocycles. The predicted molar refractivity (Wildman–Crippen MR) is 68.6 cm³/mol. The SMILES string of the molecule is O=COCCc1c[nH]cc1-c1ccc([N+](=O)[O-])cc1. The normalized spacial score (nSPS) is 10.1. The molecule has 6 nitrogen and oxygen atoms in total. The number of H-pyrrole nitrogens is 1.